The zero-order valence-corrected chi connectivity index (χ0v) is 17.4. The van der Waals surface area contributed by atoms with E-state index in [-0.39, 0.29) is 17.5 Å². The molecule has 3 N–H and O–H groups in total. The van der Waals surface area contributed by atoms with Gasteiger partial charge in [-0.15, -0.1) is 0 Å². The third-order valence-corrected chi connectivity index (χ3v) is 6.61. The van der Waals surface area contributed by atoms with Crippen LogP contribution in [0.1, 0.15) is 36.8 Å². The molecule has 0 spiro atoms. The number of carbonyl (C=O) groups is 1. The van der Waals surface area contributed by atoms with E-state index < -0.39 is 11.7 Å². The Balaban J connectivity index is 1.53. The fourth-order valence-electron chi connectivity index (χ4n) is 4.80. The Labute approximate surface area is 179 Å². The Morgan fingerprint density at radius 1 is 1.10 bits per heavy atom. The summed E-state index contributed by atoms with van der Waals surface area (Å²) in [6, 6.07) is 11.0. The van der Waals surface area contributed by atoms with Crippen molar-refractivity contribution in [3.8, 4) is 11.1 Å². The van der Waals surface area contributed by atoms with E-state index in [1.54, 1.807) is 24.3 Å². The van der Waals surface area contributed by atoms with Crippen LogP contribution in [0.4, 0.5) is 18.9 Å². The zero-order valence-electron chi connectivity index (χ0n) is 17.4. The van der Waals surface area contributed by atoms with E-state index in [4.69, 9.17) is 5.73 Å². The van der Waals surface area contributed by atoms with Crippen molar-refractivity contribution in [1.82, 2.24) is 10.2 Å². The van der Waals surface area contributed by atoms with Crippen molar-refractivity contribution in [2.75, 3.05) is 12.8 Å². The Morgan fingerprint density at radius 2 is 1.74 bits per heavy atom. The average Bonchev–Trinajstić information content (AvgIpc) is 2.94. The number of anilines is 1. The number of nitrogens with zero attached hydrogens (tertiary/aromatic N) is 1. The van der Waals surface area contributed by atoms with Gasteiger partial charge in [0.15, 0.2) is 0 Å². The molecule has 0 radical (unpaired) electrons. The number of benzene rings is 2. The molecule has 0 aromatic heterocycles. The third kappa shape index (κ3) is 4.32. The van der Waals surface area contributed by atoms with Crippen LogP contribution < -0.4 is 11.1 Å². The molecule has 2 unspecified atom stereocenters. The number of rotatable bonds is 4. The van der Waals surface area contributed by atoms with E-state index >= 15 is 0 Å². The zero-order chi connectivity index (χ0) is 22.3. The van der Waals surface area contributed by atoms with Gasteiger partial charge >= 0.3 is 6.18 Å². The highest BCUT2D eigenvalue weighted by Gasteiger charge is 2.39. The number of halogens is 3. The van der Waals surface area contributed by atoms with Crippen LogP contribution in [-0.2, 0) is 11.0 Å². The van der Waals surface area contributed by atoms with Gasteiger partial charge in [0.1, 0.15) is 0 Å². The largest absolute Gasteiger partial charge is 0.416 e. The molecular formula is C24H26F3N3O. The van der Waals surface area contributed by atoms with Gasteiger partial charge in [0, 0.05) is 34.9 Å². The van der Waals surface area contributed by atoms with Crippen LogP contribution in [0, 0.1) is 0 Å². The fourth-order valence-corrected chi connectivity index (χ4v) is 4.80. The molecule has 2 aliphatic heterocycles. The van der Waals surface area contributed by atoms with Crippen LogP contribution in [0.2, 0.25) is 0 Å². The Bertz CT molecular complexity index is 1000. The highest BCUT2D eigenvalue weighted by Crippen LogP contribution is 2.36. The molecule has 0 saturated carbocycles. The van der Waals surface area contributed by atoms with Crippen LogP contribution >= 0.6 is 0 Å². The predicted molar refractivity (Wildman–Crippen MR) is 116 cm³/mol. The van der Waals surface area contributed by atoms with Gasteiger partial charge in [0.05, 0.1) is 5.56 Å². The quantitative estimate of drug-likeness (QED) is 0.547. The number of piperidine rings is 1. The number of hydrogen-bond acceptors (Lipinski definition) is 3. The number of amides is 1. The summed E-state index contributed by atoms with van der Waals surface area (Å²) in [6.07, 6.45) is -0.303. The second-order valence-electron chi connectivity index (χ2n) is 8.55. The number of nitrogen functional groups attached to an aromatic ring is 1. The van der Waals surface area contributed by atoms with Crippen molar-refractivity contribution in [3.05, 3.63) is 60.2 Å². The minimum atomic E-state index is -4.43. The molecule has 1 amide bonds. The molecule has 2 saturated heterocycles. The summed E-state index contributed by atoms with van der Waals surface area (Å²) in [5.41, 5.74) is 7.31. The molecule has 4 rings (SSSR count). The maximum Gasteiger partial charge on any atom is 0.416 e. The minimum Gasteiger partial charge on any atom is -0.398 e. The maximum atomic E-state index is 13.1. The molecular weight excluding hydrogens is 403 g/mol. The van der Waals surface area contributed by atoms with Crippen molar-refractivity contribution < 1.29 is 18.0 Å². The van der Waals surface area contributed by atoms with Gasteiger partial charge < -0.3 is 16.0 Å². The van der Waals surface area contributed by atoms with Gasteiger partial charge in [0.2, 0.25) is 0 Å². The molecule has 2 heterocycles. The lowest BCUT2D eigenvalue weighted by Crippen LogP contribution is -2.48. The average molecular weight is 429 g/mol. The molecule has 0 aliphatic carbocycles. The fraction of sp³-hybridized carbons (Fsp3) is 0.375. The van der Waals surface area contributed by atoms with Crippen molar-refractivity contribution in [2.45, 2.75) is 50.0 Å². The monoisotopic (exact) mass is 429 g/mol. The molecule has 4 nitrogen and oxygen atoms in total. The first kappa shape index (κ1) is 21.4. The lowest BCUT2D eigenvalue weighted by Gasteiger charge is -2.36. The normalized spacial score (nSPS) is 23.5. The number of alkyl halides is 3. The van der Waals surface area contributed by atoms with E-state index in [9.17, 15) is 18.0 Å². The van der Waals surface area contributed by atoms with Crippen LogP contribution in [0.5, 0.6) is 0 Å². The lowest BCUT2D eigenvalue weighted by molar-refractivity contribution is -0.137. The van der Waals surface area contributed by atoms with Crippen LogP contribution in [0.3, 0.4) is 0 Å². The van der Waals surface area contributed by atoms with Crippen molar-refractivity contribution in [1.29, 1.82) is 0 Å². The van der Waals surface area contributed by atoms with Crippen LogP contribution in [0.25, 0.3) is 16.7 Å². The highest BCUT2D eigenvalue weighted by molar-refractivity contribution is 6.20. The summed E-state index contributed by atoms with van der Waals surface area (Å²) in [5, 5.41) is 3.08. The first-order valence-electron chi connectivity index (χ1n) is 10.4. The maximum absolute atomic E-state index is 13.1. The molecule has 2 aromatic rings. The van der Waals surface area contributed by atoms with E-state index in [0.29, 0.717) is 34.5 Å². The van der Waals surface area contributed by atoms with Gasteiger partial charge in [0.25, 0.3) is 5.91 Å². The number of hydrogen-bond donors (Lipinski definition) is 2. The first-order valence-corrected chi connectivity index (χ1v) is 10.4. The smallest absolute Gasteiger partial charge is 0.398 e. The Kier molecular flexibility index (Phi) is 5.56. The van der Waals surface area contributed by atoms with Gasteiger partial charge in [-0.05, 0) is 68.1 Å². The second kappa shape index (κ2) is 8.04. The van der Waals surface area contributed by atoms with Gasteiger partial charge in [-0.2, -0.15) is 13.2 Å². The van der Waals surface area contributed by atoms with Crippen LogP contribution in [-0.4, -0.2) is 36.0 Å². The minimum absolute atomic E-state index is 0.0887. The molecule has 2 aliphatic rings. The van der Waals surface area contributed by atoms with E-state index in [2.05, 4.69) is 23.8 Å². The van der Waals surface area contributed by atoms with Crippen LogP contribution in [0.15, 0.2) is 49.0 Å². The molecule has 2 aromatic carbocycles. The lowest BCUT2D eigenvalue weighted by atomic mass is 9.95. The highest BCUT2D eigenvalue weighted by atomic mass is 19.4. The van der Waals surface area contributed by atoms with Crippen molar-refractivity contribution in [3.63, 3.8) is 0 Å². The number of carbonyl (C=O) groups excluding carboxylic acids is 1. The SMILES string of the molecule is C=C(C(=O)NC1CC2CCC(C1)N2C)c1cc(-c2cccc(C(F)(F)F)c2)ccc1N. The number of nitrogens with two attached hydrogens (primary N) is 1. The second-order valence-corrected chi connectivity index (χ2v) is 8.55. The summed E-state index contributed by atoms with van der Waals surface area (Å²) >= 11 is 0. The molecule has 7 heteroatoms. The number of nitrogens with one attached hydrogen (secondary N) is 1. The number of fused-ring (bicyclic) bond motifs is 2. The standard InChI is InChI=1S/C24H26F3N3O/c1-14(23(31)29-18-12-19-7-8-20(13-18)30(19)2)21-11-16(6-9-22(21)28)15-4-3-5-17(10-15)24(25,26)27/h3-6,9-11,18-20H,1,7-8,12-13,28H2,2H3,(H,29,31). The van der Waals surface area contributed by atoms with Crippen molar-refractivity contribution in [2.24, 2.45) is 0 Å². The van der Waals surface area contributed by atoms with Gasteiger partial charge in [-0.25, -0.2) is 0 Å². The van der Waals surface area contributed by atoms with E-state index in [0.717, 1.165) is 37.8 Å². The Morgan fingerprint density at radius 3 is 2.39 bits per heavy atom. The molecule has 2 bridgehead atoms. The van der Waals surface area contributed by atoms with Gasteiger partial charge in [-0.3, -0.25) is 4.79 Å². The summed E-state index contributed by atoms with van der Waals surface area (Å²) in [4.78, 5) is 15.3. The molecule has 2 atom stereocenters. The summed E-state index contributed by atoms with van der Waals surface area (Å²) < 4.78 is 39.2. The summed E-state index contributed by atoms with van der Waals surface area (Å²) in [5.74, 6) is -0.290. The summed E-state index contributed by atoms with van der Waals surface area (Å²) in [6.45, 7) is 3.93. The van der Waals surface area contributed by atoms with Crippen molar-refractivity contribution >= 4 is 17.2 Å². The van der Waals surface area contributed by atoms with E-state index in [1.807, 2.05) is 0 Å². The summed E-state index contributed by atoms with van der Waals surface area (Å²) in [7, 11) is 2.14. The Hall–Kier alpha value is -2.80. The first-order chi connectivity index (χ1) is 14.6. The molecule has 31 heavy (non-hydrogen) atoms. The molecule has 164 valence electrons. The molecule has 2 fully saturated rings. The van der Waals surface area contributed by atoms with E-state index in [1.165, 1.54) is 6.07 Å². The van der Waals surface area contributed by atoms with Gasteiger partial charge in [-0.1, -0.05) is 24.8 Å². The predicted octanol–water partition coefficient (Wildman–Crippen LogP) is 4.71. The third-order valence-electron chi connectivity index (χ3n) is 6.61. The topological polar surface area (TPSA) is 58.4 Å².